The predicted octanol–water partition coefficient (Wildman–Crippen LogP) is 4.88. The van der Waals surface area contributed by atoms with Gasteiger partial charge in [0.1, 0.15) is 0 Å². The molecule has 0 amide bonds. The largest absolute Gasteiger partial charge is 0.335 e. The summed E-state index contributed by atoms with van der Waals surface area (Å²) in [5.74, 6) is 0.418. The van der Waals surface area contributed by atoms with Gasteiger partial charge in [0, 0.05) is 23.4 Å². The zero-order valence-corrected chi connectivity index (χ0v) is 20.3. The SMILES string of the molecule is C=CCCc1cn(C(=O)C2CCCCC2)c(=O)n1Cc1ccc(-c2ccccc2-c2nn[nH]n2)cc1. The molecule has 1 N–H and O–H groups in total. The van der Waals surface area contributed by atoms with E-state index in [9.17, 15) is 9.59 Å². The summed E-state index contributed by atoms with van der Waals surface area (Å²) in [5.41, 5.74) is 4.49. The Labute approximate surface area is 209 Å². The Morgan fingerprint density at radius 2 is 1.81 bits per heavy atom. The number of hydrogen-bond donors (Lipinski definition) is 1. The van der Waals surface area contributed by atoms with Gasteiger partial charge in [-0.25, -0.2) is 9.36 Å². The molecule has 8 heteroatoms. The molecule has 1 aliphatic rings. The standard InChI is InChI=1S/C28H30N6O2/c1-2-3-11-23-19-34(27(35)22-9-5-4-6-10-22)28(36)33(23)18-20-14-16-21(17-15-20)24-12-7-8-13-25(24)26-29-31-32-30-26/h2,7-8,12-17,19,22H,1,3-6,9-11,18H2,(H,29,30,31,32). The van der Waals surface area contributed by atoms with Crippen LogP contribution < -0.4 is 5.69 Å². The third-order valence-electron chi connectivity index (χ3n) is 6.98. The van der Waals surface area contributed by atoms with Gasteiger partial charge in [-0.2, -0.15) is 5.21 Å². The molecule has 0 unspecified atom stereocenters. The Bertz CT molecular complexity index is 1390. The number of tetrazole rings is 1. The Morgan fingerprint density at radius 1 is 1.06 bits per heavy atom. The topological polar surface area (TPSA) is 98.5 Å². The summed E-state index contributed by atoms with van der Waals surface area (Å²) in [6, 6.07) is 16.0. The first-order valence-electron chi connectivity index (χ1n) is 12.5. The number of H-pyrrole nitrogens is 1. The van der Waals surface area contributed by atoms with Crippen LogP contribution in [0.1, 0.15) is 54.6 Å². The van der Waals surface area contributed by atoms with Crippen molar-refractivity contribution < 1.29 is 4.79 Å². The molecule has 8 nitrogen and oxygen atoms in total. The Morgan fingerprint density at radius 3 is 2.50 bits per heavy atom. The maximum atomic E-state index is 13.4. The summed E-state index contributed by atoms with van der Waals surface area (Å²) in [5, 5.41) is 14.4. The predicted molar refractivity (Wildman–Crippen MR) is 139 cm³/mol. The van der Waals surface area contributed by atoms with Gasteiger partial charge in [0.15, 0.2) is 0 Å². The van der Waals surface area contributed by atoms with Crippen LogP contribution in [-0.4, -0.2) is 35.7 Å². The molecule has 5 rings (SSSR count). The molecule has 0 spiro atoms. The highest BCUT2D eigenvalue weighted by molar-refractivity contribution is 5.81. The van der Waals surface area contributed by atoms with Gasteiger partial charge in [-0.3, -0.25) is 9.36 Å². The molecular formula is C28H30N6O2. The van der Waals surface area contributed by atoms with Crippen LogP contribution in [-0.2, 0) is 13.0 Å². The molecule has 0 bridgehead atoms. The second kappa shape index (κ2) is 10.7. The quantitative estimate of drug-likeness (QED) is 0.361. The van der Waals surface area contributed by atoms with E-state index in [-0.39, 0.29) is 17.5 Å². The van der Waals surface area contributed by atoms with Gasteiger partial charge in [0.25, 0.3) is 0 Å². The van der Waals surface area contributed by atoms with E-state index in [0.29, 0.717) is 18.8 Å². The van der Waals surface area contributed by atoms with E-state index < -0.39 is 0 Å². The minimum Gasteiger partial charge on any atom is -0.292 e. The van der Waals surface area contributed by atoms with E-state index in [0.717, 1.165) is 60.1 Å². The lowest BCUT2D eigenvalue weighted by molar-refractivity contribution is 0.0796. The van der Waals surface area contributed by atoms with Gasteiger partial charge < -0.3 is 0 Å². The normalized spacial score (nSPS) is 14.1. The van der Waals surface area contributed by atoms with Crippen LogP contribution in [0.5, 0.6) is 0 Å². The average molecular weight is 483 g/mol. The van der Waals surface area contributed by atoms with Crippen molar-refractivity contribution in [2.24, 2.45) is 5.92 Å². The smallest absolute Gasteiger partial charge is 0.292 e. The summed E-state index contributed by atoms with van der Waals surface area (Å²) in [7, 11) is 0. The van der Waals surface area contributed by atoms with Crippen LogP contribution in [0, 0.1) is 5.92 Å². The second-order valence-corrected chi connectivity index (χ2v) is 9.34. The highest BCUT2D eigenvalue weighted by atomic mass is 16.2. The highest BCUT2D eigenvalue weighted by Crippen LogP contribution is 2.30. The fourth-order valence-electron chi connectivity index (χ4n) is 5.03. The van der Waals surface area contributed by atoms with Crippen molar-refractivity contribution in [1.82, 2.24) is 29.8 Å². The summed E-state index contributed by atoms with van der Waals surface area (Å²) in [4.78, 5) is 26.5. The minimum absolute atomic E-state index is 0.0573. The number of carbonyl (C=O) groups excluding carboxylic acids is 1. The van der Waals surface area contributed by atoms with Gasteiger partial charge in [0.2, 0.25) is 11.7 Å². The summed E-state index contributed by atoms with van der Waals surface area (Å²) < 4.78 is 3.08. The Balaban J connectivity index is 1.42. The number of imidazole rings is 1. The van der Waals surface area contributed by atoms with Crippen molar-refractivity contribution in [3.8, 4) is 22.5 Å². The molecule has 1 aliphatic carbocycles. The molecule has 2 heterocycles. The number of aryl methyl sites for hydroxylation is 1. The zero-order chi connectivity index (χ0) is 24.9. The molecule has 184 valence electrons. The Kier molecular flexibility index (Phi) is 7.02. The highest BCUT2D eigenvalue weighted by Gasteiger charge is 2.25. The van der Waals surface area contributed by atoms with Gasteiger partial charge in [-0.05, 0) is 47.6 Å². The van der Waals surface area contributed by atoms with Crippen molar-refractivity contribution >= 4 is 5.91 Å². The second-order valence-electron chi connectivity index (χ2n) is 9.34. The number of rotatable bonds is 8. The first-order chi connectivity index (χ1) is 17.7. The number of allylic oxidation sites excluding steroid dienone is 1. The van der Waals surface area contributed by atoms with Crippen LogP contribution in [0.3, 0.4) is 0 Å². The van der Waals surface area contributed by atoms with Gasteiger partial charge in [-0.15, -0.1) is 16.8 Å². The molecular weight excluding hydrogens is 452 g/mol. The van der Waals surface area contributed by atoms with Crippen molar-refractivity contribution in [2.75, 3.05) is 0 Å². The van der Waals surface area contributed by atoms with E-state index in [2.05, 4.69) is 27.2 Å². The molecule has 0 atom stereocenters. The third kappa shape index (κ3) is 4.84. The lowest BCUT2D eigenvalue weighted by Gasteiger charge is -2.19. The summed E-state index contributed by atoms with van der Waals surface area (Å²) in [6.45, 7) is 4.22. The fourth-order valence-corrected chi connectivity index (χ4v) is 5.03. The zero-order valence-electron chi connectivity index (χ0n) is 20.3. The van der Waals surface area contributed by atoms with Gasteiger partial charge in [-0.1, -0.05) is 73.9 Å². The Hall–Kier alpha value is -4.07. The lowest BCUT2D eigenvalue weighted by Crippen LogP contribution is -2.34. The van der Waals surface area contributed by atoms with Crippen LogP contribution in [0.2, 0.25) is 0 Å². The van der Waals surface area contributed by atoms with Crippen LogP contribution in [0.15, 0.2) is 72.2 Å². The molecule has 0 radical (unpaired) electrons. The number of carbonyl (C=O) groups is 1. The number of hydrogen-bond acceptors (Lipinski definition) is 5. The number of aromatic amines is 1. The van der Waals surface area contributed by atoms with Crippen molar-refractivity contribution in [2.45, 2.75) is 51.5 Å². The molecule has 0 saturated heterocycles. The molecule has 2 aromatic carbocycles. The van der Waals surface area contributed by atoms with Crippen molar-refractivity contribution in [3.63, 3.8) is 0 Å². The van der Waals surface area contributed by atoms with Crippen LogP contribution >= 0.6 is 0 Å². The summed E-state index contributed by atoms with van der Waals surface area (Å²) in [6.07, 6.45) is 10.0. The van der Waals surface area contributed by atoms with Crippen molar-refractivity contribution in [1.29, 1.82) is 0 Å². The van der Waals surface area contributed by atoms with Crippen LogP contribution in [0.4, 0.5) is 0 Å². The number of nitrogens with one attached hydrogen (secondary N) is 1. The minimum atomic E-state index is -0.254. The monoisotopic (exact) mass is 482 g/mol. The molecule has 4 aromatic rings. The third-order valence-corrected chi connectivity index (χ3v) is 6.98. The van der Waals surface area contributed by atoms with Crippen LogP contribution in [0.25, 0.3) is 22.5 Å². The molecule has 1 fully saturated rings. The summed E-state index contributed by atoms with van der Waals surface area (Å²) >= 11 is 0. The average Bonchev–Trinajstić information content (AvgIpc) is 3.57. The first-order valence-corrected chi connectivity index (χ1v) is 12.5. The first kappa shape index (κ1) is 23.7. The van der Waals surface area contributed by atoms with E-state index in [4.69, 9.17) is 0 Å². The lowest BCUT2D eigenvalue weighted by atomic mass is 9.88. The van der Waals surface area contributed by atoms with Gasteiger partial charge in [0.05, 0.1) is 6.54 Å². The van der Waals surface area contributed by atoms with E-state index >= 15 is 0 Å². The molecule has 0 aliphatic heterocycles. The van der Waals surface area contributed by atoms with Crippen molar-refractivity contribution in [3.05, 3.63) is 89.1 Å². The molecule has 2 aromatic heterocycles. The number of aromatic nitrogens is 6. The molecule has 36 heavy (non-hydrogen) atoms. The molecule has 1 saturated carbocycles. The number of nitrogens with zero attached hydrogens (tertiary/aromatic N) is 5. The van der Waals surface area contributed by atoms with E-state index in [1.54, 1.807) is 10.8 Å². The van der Waals surface area contributed by atoms with Gasteiger partial charge >= 0.3 is 5.69 Å². The fraction of sp³-hybridized carbons (Fsp3) is 0.321. The maximum absolute atomic E-state index is 13.4. The number of benzene rings is 2. The van der Waals surface area contributed by atoms with E-state index in [1.165, 1.54) is 11.0 Å². The maximum Gasteiger partial charge on any atom is 0.335 e. The van der Waals surface area contributed by atoms with E-state index in [1.807, 2.05) is 54.6 Å².